The Labute approximate surface area is 108 Å². The molecule has 0 aliphatic rings. The van der Waals surface area contributed by atoms with Crippen LogP contribution in [0.15, 0.2) is 6.07 Å². The first kappa shape index (κ1) is 14.7. The minimum absolute atomic E-state index is 0.145. The van der Waals surface area contributed by atoms with Crippen LogP contribution >= 0.6 is 0 Å². The van der Waals surface area contributed by atoms with Crippen molar-refractivity contribution >= 4 is 11.6 Å². The quantitative estimate of drug-likeness (QED) is 0.466. The van der Waals surface area contributed by atoms with Crippen molar-refractivity contribution < 1.29 is 5.11 Å². The summed E-state index contributed by atoms with van der Waals surface area (Å²) in [5.41, 5.74) is 2.39. The second-order valence-corrected chi connectivity index (χ2v) is 5.42. The van der Waals surface area contributed by atoms with Crippen molar-refractivity contribution in [1.29, 1.82) is 0 Å². The second kappa shape index (κ2) is 5.97. The minimum atomic E-state index is -0.325. The number of nitrogen functional groups attached to an aromatic ring is 1. The molecule has 18 heavy (non-hydrogen) atoms. The first-order valence-corrected chi connectivity index (χ1v) is 6.11. The number of nitrogens with two attached hydrogens (primary N) is 1. The highest BCUT2D eigenvalue weighted by atomic mass is 16.3. The van der Waals surface area contributed by atoms with E-state index in [1.807, 2.05) is 20.8 Å². The van der Waals surface area contributed by atoms with Gasteiger partial charge in [0.05, 0.1) is 6.10 Å². The van der Waals surface area contributed by atoms with Crippen LogP contribution in [0.4, 0.5) is 11.6 Å². The predicted molar refractivity (Wildman–Crippen MR) is 73.3 cm³/mol. The van der Waals surface area contributed by atoms with Gasteiger partial charge in [0.1, 0.15) is 17.5 Å². The van der Waals surface area contributed by atoms with E-state index in [-0.39, 0.29) is 11.5 Å². The van der Waals surface area contributed by atoms with Crippen LogP contribution in [0, 0.1) is 0 Å². The Hall–Kier alpha value is -1.40. The lowest BCUT2D eigenvalue weighted by molar-refractivity contribution is 0.188. The van der Waals surface area contributed by atoms with Crippen LogP contribution in [0.1, 0.15) is 39.9 Å². The molecule has 6 nitrogen and oxygen atoms in total. The summed E-state index contributed by atoms with van der Waals surface area (Å²) >= 11 is 0. The summed E-state index contributed by atoms with van der Waals surface area (Å²) in [6, 6.07) is 1.75. The second-order valence-electron chi connectivity index (χ2n) is 5.42. The van der Waals surface area contributed by atoms with E-state index in [0.29, 0.717) is 24.6 Å². The van der Waals surface area contributed by atoms with Crippen LogP contribution in [0.25, 0.3) is 0 Å². The van der Waals surface area contributed by atoms with Gasteiger partial charge in [0.15, 0.2) is 0 Å². The molecule has 1 rings (SSSR count). The van der Waals surface area contributed by atoms with Crippen molar-refractivity contribution in [3.8, 4) is 0 Å². The monoisotopic (exact) mass is 253 g/mol. The Balaban J connectivity index is 2.84. The van der Waals surface area contributed by atoms with Gasteiger partial charge in [-0.15, -0.1) is 0 Å². The van der Waals surface area contributed by atoms with E-state index < -0.39 is 0 Å². The van der Waals surface area contributed by atoms with Gasteiger partial charge in [-0.05, 0) is 13.3 Å². The Morgan fingerprint density at radius 1 is 1.33 bits per heavy atom. The maximum atomic E-state index is 9.21. The zero-order chi connectivity index (χ0) is 13.8. The van der Waals surface area contributed by atoms with E-state index in [4.69, 9.17) is 5.84 Å². The molecular weight excluding hydrogens is 230 g/mol. The number of nitrogens with one attached hydrogen (secondary N) is 2. The van der Waals surface area contributed by atoms with Gasteiger partial charge < -0.3 is 15.8 Å². The van der Waals surface area contributed by atoms with Gasteiger partial charge in [-0.2, -0.15) is 0 Å². The van der Waals surface area contributed by atoms with E-state index in [1.54, 1.807) is 13.0 Å². The van der Waals surface area contributed by atoms with Gasteiger partial charge in [-0.1, -0.05) is 20.8 Å². The first-order chi connectivity index (χ1) is 8.32. The Morgan fingerprint density at radius 3 is 2.44 bits per heavy atom. The zero-order valence-electron chi connectivity index (χ0n) is 11.5. The molecule has 1 aromatic rings. The molecule has 6 heteroatoms. The van der Waals surface area contributed by atoms with E-state index in [1.165, 1.54) is 0 Å². The number of aromatic nitrogens is 2. The van der Waals surface area contributed by atoms with Gasteiger partial charge in [-0.25, -0.2) is 15.8 Å². The number of anilines is 2. The largest absolute Gasteiger partial charge is 0.393 e. The molecule has 0 spiro atoms. The topological polar surface area (TPSA) is 96.1 Å². The SMILES string of the molecule is CC(O)CCNc1cc(NN)nc(C(C)(C)C)n1. The number of aliphatic hydroxyl groups is 1. The Kier molecular flexibility index (Phi) is 4.86. The summed E-state index contributed by atoms with van der Waals surface area (Å²) in [5, 5.41) is 12.4. The number of rotatable bonds is 5. The summed E-state index contributed by atoms with van der Waals surface area (Å²) in [6.45, 7) is 8.55. The minimum Gasteiger partial charge on any atom is -0.393 e. The van der Waals surface area contributed by atoms with Gasteiger partial charge in [0.2, 0.25) is 0 Å². The number of hydrogen-bond donors (Lipinski definition) is 4. The van der Waals surface area contributed by atoms with E-state index in [2.05, 4.69) is 20.7 Å². The Bertz CT molecular complexity index is 387. The van der Waals surface area contributed by atoms with Crippen LogP contribution in [0.3, 0.4) is 0 Å². The molecular formula is C12H23N5O. The van der Waals surface area contributed by atoms with Crippen LogP contribution in [0.2, 0.25) is 0 Å². The Morgan fingerprint density at radius 2 is 1.94 bits per heavy atom. The molecule has 0 fully saturated rings. The van der Waals surface area contributed by atoms with E-state index in [0.717, 1.165) is 5.82 Å². The van der Waals surface area contributed by atoms with Crippen molar-refractivity contribution in [2.75, 3.05) is 17.3 Å². The van der Waals surface area contributed by atoms with Crippen LogP contribution in [0.5, 0.6) is 0 Å². The summed E-state index contributed by atoms with van der Waals surface area (Å²) < 4.78 is 0. The maximum absolute atomic E-state index is 9.21. The molecule has 0 aliphatic carbocycles. The van der Waals surface area contributed by atoms with Crippen molar-refractivity contribution in [3.05, 3.63) is 11.9 Å². The molecule has 1 aromatic heterocycles. The molecule has 0 aromatic carbocycles. The van der Waals surface area contributed by atoms with E-state index >= 15 is 0 Å². The molecule has 0 saturated carbocycles. The van der Waals surface area contributed by atoms with Gasteiger partial charge in [0, 0.05) is 18.0 Å². The molecule has 102 valence electrons. The van der Waals surface area contributed by atoms with Crippen molar-refractivity contribution in [2.24, 2.45) is 5.84 Å². The van der Waals surface area contributed by atoms with Crippen LogP contribution in [-0.4, -0.2) is 27.7 Å². The molecule has 0 radical (unpaired) electrons. The molecule has 0 bridgehead atoms. The lowest BCUT2D eigenvalue weighted by Gasteiger charge is -2.18. The maximum Gasteiger partial charge on any atom is 0.145 e. The molecule has 0 amide bonds. The fourth-order valence-corrected chi connectivity index (χ4v) is 1.36. The summed E-state index contributed by atoms with van der Waals surface area (Å²) in [4.78, 5) is 8.78. The summed E-state index contributed by atoms with van der Waals surface area (Å²) in [6.07, 6.45) is 0.341. The van der Waals surface area contributed by atoms with Crippen molar-refractivity contribution in [3.63, 3.8) is 0 Å². The lowest BCUT2D eigenvalue weighted by Crippen LogP contribution is -2.20. The summed E-state index contributed by atoms with van der Waals surface area (Å²) in [5.74, 6) is 7.41. The fraction of sp³-hybridized carbons (Fsp3) is 0.667. The number of nitrogens with zero attached hydrogens (tertiary/aromatic N) is 2. The number of hydrazine groups is 1. The fourth-order valence-electron chi connectivity index (χ4n) is 1.36. The molecule has 1 atom stereocenters. The normalized spacial score (nSPS) is 13.2. The third-order valence-corrected chi connectivity index (χ3v) is 2.41. The van der Waals surface area contributed by atoms with E-state index in [9.17, 15) is 5.11 Å². The van der Waals surface area contributed by atoms with Crippen molar-refractivity contribution in [2.45, 2.75) is 45.6 Å². The third-order valence-electron chi connectivity index (χ3n) is 2.41. The highest BCUT2D eigenvalue weighted by Gasteiger charge is 2.18. The standard InChI is InChI=1S/C12H23N5O/c1-8(18)5-6-14-9-7-10(17-13)16-11(15-9)12(2,3)4/h7-8,18H,5-6,13H2,1-4H3,(H2,14,15,16,17). The van der Waals surface area contributed by atoms with Crippen molar-refractivity contribution in [1.82, 2.24) is 9.97 Å². The van der Waals surface area contributed by atoms with Crippen LogP contribution < -0.4 is 16.6 Å². The lowest BCUT2D eigenvalue weighted by atomic mass is 9.96. The first-order valence-electron chi connectivity index (χ1n) is 6.11. The number of hydrogen-bond acceptors (Lipinski definition) is 6. The third kappa shape index (κ3) is 4.46. The average Bonchev–Trinajstić information content (AvgIpc) is 2.27. The molecule has 1 unspecified atom stereocenters. The molecule has 0 saturated heterocycles. The smallest absolute Gasteiger partial charge is 0.145 e. The predicted octanol–water partition coefficient (Wildman–Crippen LogP) is 1.24. The zero-order valence-corrected chi connectivity index (χ0v) is 11.5. The summed E-state index contributed by atoms with van der Waals surface area (Å²) in [7, 11) is 0. The van der Waals surface area contributed by atoms with Crippen LogP contribution in [-0.2, 0) is 5.41 Å². The highest BCUT2D eigenvalue weighted by Crippen LogP contribution is 2.21. The van der Waals surface area contributed by atoms with Gasteiger partial charge in [-0.3, -0.25) is 0 Å². The molecule has 1 heterocycles. The van der Waals surface area contributed by atoms with Gasteiger partial charge in [0.25, 0.3) is 0 Å². The van der Waals surface area contributed by atoms with Gasteiger partial charge >= 0.3 is 0 Å². The molecule has 0 aliphatic heterocycles. The highest BCUT2D eigenvalue weighted by molar-refractivity contribution is 5.47. The average molecular weight is 253 g/mol. The molecule has 5 N–H and O–H groups in total. The number of aliphatic hydroxyl groups excluding tert-OH is 1.